The molecule has 0 saturated heterocycles. The lowest BCUT2D eigenvalue weighted by atomic mass is 10.1. The van der Waals surface area contributed by atoms with Crippen LogP contribution in [0.1, 0.15) is 31.5 Å². The van der Waals surface area contributed by atoms with Crippen molar-refractivity contribution in [2.45, 2.75) is 37.9 Å². The number of rotatable bonds is 2. The van der Waals surface area contributed by atoms with Crippen LogP contribution in [-0.4, -0.2) is 20.6 Å². The van der Waals surface area contributed by atoms with Crippen LogP contribution in [0.25, 0.3) is 16.6 Å². The minimum absolute atomic E-state index is 0.225. The molecule has 0 unspecified atom stereocenters. The quantitative estimate of drug-likeness (QED) is 0.767. The van der Waals surface area contributed by atoms with Crippen LogP contribution in [0.2, 0.25) is 0 Å². The van der Waals surface area contributed by atoms with Crippen molar-refractivity contribution in [3.8, 4) is 0 Å². The number of hydrogen-bond donors (Lipinski definition) is 1. The normalized spacial score (nSPS) is 16.5. The van der Waals surface area contributed by atoms with Gasteiger partial charge in [-0.1, -0.05) is 31.0 Å². The minimum atomic E-state index is -4.55. The monoisotopic (exact) mass is 320 g/mol. The Bertz CT molecular complexity index is 863. The van der Waals surface area contributed by atoms with Crippen molar-refractivity contribution in [3.05, 3.63) is 36.2 Å². The van der Waals surface area contributed by atoms with Gasteiger partial charge >= 0.3 is 6.18 Å². The van der Waals surface area contributed by atoms with Crippen molar-refractivity contribution in [1.82, 2.24) is 14.6 Å². The van der Waals surface area contributed by atoms with E-state index in [9.17, 15) is 13.2 Å². The average Bonchev–Trinajstić information content (AvgIpc) is 3.15. The third-order valence-corrected chi connectivity index (χ3v) is 4.35. The SMILES string of the molecule is FC(F)(F)c1nnc2c(NC3CCCC3)cc3ccccc3n12. The van der Waals surface area contributed by atoms with Gasteiger partial charge in [0, 0.05) is 11.4 Å². The number of nitrogens with zero attached hydrogens (tertiary/aromatic N) is 3. The van der Waals surface area contributed by atoms with Crippen LogP contribution in [0.4, 0.5) is 18.9 Å². The molecule has 2 heterocycles. The molecule has 1 N–H and O–H groups in total. The van der Waals surface area contributed by atoms with Crippen LogP contribution in [0, 0.1) is 0 Å². The van der Waals surface area contributed by atoms with Gasteiger partial charge in [0.1, 0.15) is 0 Å². The van der Waals surface area contributed by atoms with Gasteiger partial charge in [0.15, 0.2) is 5.65 Å². The molecule has 0 radical (unpaired) electrons. The molecule has 1 aromatic carbocycles. The highest BCUT2D eigenvalue weighted by atomic mass is 19.4. The molecule has 4 nitrogen and oxygen atoms in total. The zero-order valence-electron chi connectivity index (χ0n) is 12.3. The number of nitrogens with one attached hydrogen (secondary N) is 1. The summed E-state index contributed by atoms with van der Waals surface area (Å²) in [5.41, 5.74) is 1.29. The van der Waals surface area contributed by atoms with Crippen LogP contribution >= 0.6 is 0 Å². The molecule has 4 rings (SSSR count). The molecule has 1 saturated carbocycles. The van der Waals surface area contributed by atoms with Crippen molar-refractivity contribution < 1.29 is 13.2 Å². The van der Waals surface area contributed by atoms with Crippen molar-refractivity contribution in [3.63, 3.8) is 0 Å². The second kappa shape index (κ2) is 5.11. The lowest BCUT2D eigenvalue weighted by molar-refractivity contribution is -0.145. The molecular formula is C16H15F3N4. The molecule has 0 spiro atoms. The van der Waals surface area contributed by atoms with E-state index in [1.165, 1.54) is 0 Å². The number of para-hydroxylation sites is 1. The number of fused-ring (bicyclic) bond motifs is 3. The molecule has 120 valence electrons. The first-order valence-electron chi connectivity index (χ1n) is 7.64. The molecular weight excluding hydrogens is 305 g/mol. The van der Waals surface area contributed by atoms with E-state index in [0.29, 0.717) is 11.2 Å². The Kier molecular flexibility index (Phi) is 3.18. The van der Waals surface area contributed by atoms with E-state index in [4.69, 9.17) is 0 Å². The first-order chi connectivity index (χ1) is 11.0. The zero-order valence-corrected chi connectivity index (χ0v) is 12.3. The summed E-state index contributed by atoms with van der Waals surface area (Å²) in [5.74, 6) is -0.987. The first-order valence-corrected chi connectivity index (χ1v) is 7.64. The van der Waals surface area contributed by atoms with Crippen LogP contribution in [0.15, 0.2) is 30.3 Å². The average molecular weight is 320 g/mol. The maximum atomic E-state index is 13.3. The van der Waals surface area contributed by atoms with Crippen LogP contribution in [0.5, 0.6) is 0 Å². The summed E-state index contributed by atoms with van der Waals surface area (Å²) in [6, 6.07) is 9.12. The molecule has 1 aliphatic carbocycles. The Labute approximate surface area is 130 Å². The highest BCUT2D eigenvalue weighted by Crippen LogP contribution is 2.34. The molecule has 0 aliphatic heterocycles. The summed E-state index contributed by atoms with van der Waals surface area (Å²) in [6.45, 7) is 0. The third-order valence-electron chi connectivity index (χ3n) is 4.35. The highest BCUT2D eigenvalue weighted by Gasteiger charge is 2.38. The topological polar surface area (TPSA) is 42.2 Å². The molecule has 7 heteroatoms. The Morgan fingerprint density at radius 1 is 1.09 bits per heavy atom. The van der Waals surface area contributed by atoms with E-state index < -0.39 is 12.0 Å². The summed E-state index contributed by atoms with van der Waals surface area (Å²) < 4.78 is 40.9. The van der Waals surface area contributed by atoms with Gasteiger partial charge in [0.25, 0.3) is 0 Å². The van der Waals surface area contributed by atoms with Crippen molar-refractivity contribution in [2.24, 2.45) is 0 Å². The summed E-state index contributed by atoms with van der Waals surface area (Å²) in [6.07, 6.45) is -0.212. The molecule has 0 amide bonds. The van der Waals surface area contributed by atoms with Crippen LogP contribution in [-0.2, 0) is 6.18 Å². The number of hydrogen-bond acceptors (Lipinski definition) is 3. The lowest BCUT2D eigenvalue weighted by Gasteiger charge is -2.16. The van der Waals surface area contributed by atoms with Gasteiger partial charge in [-0.05, 0) is 25.0 Å². The maximum Gasteiger partial charge on any atom is 0.452 e. The van der Waals surface area contributed by atoms with Gasteiger partial charge in [0.05, 0.1) is 11.2 Å². The number of aromatic nitrogens is 3. The van der Waals surface area contributed by atoms with Gasteiger partial charge in [0.2, 0.25) is 5.82 Å². The number of anilines is 1. The fraction of sp³-hybridized carbons (Fsp3) is 0.375. The number of benzene rings is 1. The van der Waals surface area contributed by atoms with Crippen LogP contribution < -0.4 is 5.32 Å². The van der Waals surface area contributed by atoms with Crippen molar-refractivity contribution in [2.75, 3.05) is 5.32 Å². The van der Waals surface area contributed by atoms with Crippen LogP contribution in [0.3, 0.4) is 0 Å². The molecule has 3 aromatic rings. The Hall–Kier alpha value is -2.31. The number of alkyl halides is 3. The molecule has 0 bridgehead atoms. The molecule has 0 atom stereocenters. The number of pyridine rings is 1. The largest absolute Gasteiger partial charge is 0.452 e. The zero-order chi connectivity index (χ0) is 16.0. The fourth-order valence-electron chi connectivity index (χ4n) is 3.30. The predicted octanol–water partition coefficient (Wildman–Crippen LogP) is 4.26. The second-order valence-electron chi connectivity index (χ2n) is 5.92. The molecule has 2 aromatic heterocycles. The lowest BCUT2D eigenvalue weighted by Crippen LogP contribution is -2.16. The maximum absolute atomic E-state index is 13.3. The predicted molar refractivity (Wildman–Crippen MR) is 81.4 cm³/mol. The van der Waals surface area contributed by atoms with Gasteiger partial charge in [-0.2, -0.15) is 13.2 Å². The summed E-state index contributed by atoms with van der Waals surface area (Å²) in [4.78, 5) is 0. The fourth-order valence-corrected chi connectivity index (χ4v) is 3.30. The van der Waals surface area contributed by atoms with Gasteiger partial charge < -0.3 is 5.32 Å². The Morgan fingerprint density at radius 3 is 2.57 bits per heavy atom. The van der Waals surface area contributed by atoms with E-state index >= 15 is 0 Å². The minimum Gasteiger partial charge on any atom is -0.379 e. The highest BCUT2D eigenvalue weighted by molar-refractivity contribution is 5.89. The van der Waals surface area contributed by atoms with E-state index in [1.54, 1.807) is 18.2 Å². The van der Waals surface area contributed by atoms with E-state index in [1.807, 2.05) is 12.1 Å². The molecule has 1 aliphatic rings. The number of halogens is 3. The first kappa shape index (κ1) is 14.3. The Balaban J connectivity index is 1.97. The molecule has 1 fully saturated rings. The second-order valence-corrected chi connectivity index (χ2v) is 5.92. The summed E-state index contributed by atoms with van der Waals surface area (Å²) in [7, 11) is 0. The summed E-state index contributed by atoms with van der Waals surface area (Å²) in [5, 5.41) is 11.3. The third kappa shape index (κ3) is 2.40. The van der Waals surface area contributed by atoms with E-state index in [2.05, 4.69) is 15.5 Å². The molecule has 23 heavy (non-hydrogen) atoms. The van der Waals surface area contributed by atoms with Gasteiger partial charge in [-0.15, -0.1) is 10.2 Å². The van der Waals surface area contributed by atoms with Crippen molar-refractivity contribution in [1.29, 1.82) is 0 Å². The smallest absolute Gasteiger partial charge is 0.379 e. The Morgan fingerprint density at radius 2 is 1.83 bits per heavy atom. The summed E-state index contributed by atoms with van der Waals surface area (Å²) >= 11 is 0. The van der Waals surface area contributed by atoms with Crippen molar-refractivity contribution >= 4 is 22.2 Å². The van der Waals surface area contributed by atoms with Gasteiger partial charge in [-0.3, -0.25) is 4.40 Å². The van der Waals surface area contributed by atoms with E-state index in [0.717, 1.165) is 35.5 Å². The van der Waals surface area contributed by atoms with E-state index in [-0.39, 0.29) is 11.7 Å². The standard InChI is InChI=1S/C16H15F3N4/c17-16(18,19)15-22-21-14-12(20-11-6-2-3-7-11)9-10-5-1-4-8-13(10)23(14)15/h1,4-5,8-9,11,20H,2-3,6-7H2. The van der Waals surface area contributed by atoms with Gasteiger partial charge in [-0.25, -0.2) is 0 Å².